The summed E-state index contributed by atoms with van der Waals surface area (Å²) >= 11 is 12.0. The van der Waals surface area contributed by atoms with E-state index in [-0.39, 0.29) is 5.76 Å². The molecule has 0 bridgehead atoms. The number of furan rings is 1. The molecule has 3 rings (SSSR count). The molecule has 0 aliphatic rings. The van der Waals surface area contributed by atoms with Crippen LogP contribution in [0.4, 0.5) is 0 Å². The van der Waals surface area contributed by atoms with Gasteiger partial charge in [0.15, 0.2) is 5.76 Å². The fourth-order valence-corrected chi connectivity index (χ4v) is 2.54. The van der Waals surface area contributed by atoms with E-state index in [2.05, 4.69) is 10.5 Å². The van der Waals surface area contributed by atoms with Crippen LogP contribution < -0.4 is 10.2 Å². The topological polar surface area (TPSA) is 63.8 Å². The van der Waals surface area contributed by atoms with Crippen molar-refractivity contribution >= 4 is 35.3 Å². The quantitative estimate of drug-likeness (QED) is 0.480. The van der Waals surface area contributed by atoms with Crippen LogP contribution in [0, 0.1) is 0 Å². The number of amides is 1. The van der Waals surface area contributed by atoms with Crippen LogP contribution in [-0.4, -0.2) is 12.1 Å². The SMILES string of the molecule is O=C(NN=Cc1ccc(OCc2ccc(Cl)cc2Cl)cc1)c1ccco1. The summed E-state index contributed by atoms with van der Waals surface area (Å²) in [4.78, 5) is 11.7. The number of nitrogens with one attached hydrogen (secondary N) is 1. The largest absolute Gasteiger partial charge is 0.489 e. The molecule has 2 aromatic carbocycles. The van der Waals surface area contributed by atoms with Crippen LogP contribution in [-0.2, 0) is 6.61 Å². The second-order valence-corrected chi connectivity index (χ2v) is 6.11. The van der Waals surface area contributed by atoms with Crippen molar-refractivity contribution in [2.45, 2.75) is 6.61 Å². The predicted molar refractivity (Wildman–Crippen MR) is 101 cm³/mol. The van der Waals surface area contributed by atoms with Crippen molar-refractivity contribution in [1.29, 1.82) is 0 Å². The summed E-state index contributed by atoms with van der Waals surface area (Å²) in [6.07, 6.45) is 2.95. The highest BCUT2D eigenvalue weighted by atomic mass is 35.5. The number of ether oxygens (including phenoxy) is 1. The first-order valence-electron chi connectivity index (χ1n) is 7.65. The summed E-state index contributed by atoms with van der Waals surface area (Å²) in [6.45, 7) is 0.336. The number of carbonyl (C=O) groups excluding carboxylic acids is 1. The molecule has 1 heterocycles. The van der Waals surface area contributed by atoms with Gasteiger partial charge in [-0.3, -0.25) is 4.79 Å². The third-order valence-corrected chi connectivity index (χ3v) is 4.00. The minimum Gasteiger partial charge on any atom is -0.489 e. The first-order chi connectivity index (χ1) is 12.6. The monoisotopic (exact) mass is 388 g/mol. The van der Waals surface area contributed by atoms with Gasteiger partial charge in [0.2, 0.25) is 0 Å². The molecule has 1 aromatic heterocycles. The van der Waals surface area contributed by atoms with Crippen molar-refractivity contribution in [3.8, 4) is 5.75 Å². The molecule has 0 aliphatic heterocycles. The Balaban J connectivity index is 1.53. The zero-order valence-electron chi connectivity index (χ0n) is 13.5. The molecule has 0 aliphatic carbocycles. The average molecular weight is 389 g/mol. The van der Waals surface area contributed by atoms with Gasteiger partial charge in [-0.1, -0.05) is 29.3 Å². The summed E-state index contributed by atoms with van der Waals surface area (Å²) in [5, 5.41) is 5.03. The third-order valence-electron chi connectivity index (χ3n) is 3.41. The van der Waals surface area contributed by atoms with Crippen molar-refractivity contribution in [2.24, 2.45) is 5.10 Å². The lowest BCUT2D eigenvalue weighted by Gasteiger charge is -2.08. The van der Waals surface area contributed by atoms with Gasteiger partial charge in [0, 0.05) is 15.6 Å². The second kappa shape index (κ2) is 8.56. The fraction of sp³-hybridized carbons (Fsp3) is 0.0526. The number of hydrogen-bond donors (Lipinski definition) is 1. The molecule has 1 amide bonds. The first-order valence-corrected chi connectivity index (χ1v) is 8.41. The Kier molecular flexibility index (Phi) is 5.94. The lowest BCUT2D eigenvalue weighted by atomic mass is 10.2. The maximum absolute atomic E-state index is 11.7. The lowest BCUT2D eigenvalue weighted by molar-refractivity contribution is 0.0927. The van der Waals surface area contributed by atoms with Crippen molar-refractivity contribution < 1.29 is 13.9 Å². The average Bonchev–Trinajstić information content (AvgIpc) is 3.17. The number of halogens is 2. The molecule has 26 heavy (non-hydrogen) atoms. The highest BCUT2D eigenvalue weighted by molar-refractivity contribution is 6.35. The van der Waals surface area contributed by atoms with Gasteiger partial charge >= 0.3 is 5.91 Å². The van der Waals surface area contributed by atoms with Gasteiger partial charge < -0.3 is 9.15 Å². The smallest absolute Gasteiger partial charge is 0.307 e. The van der Waals surface area contributed by atoms with E-state index >= 15 is 0 Å². The van der Waals surface area contributed by atoms with Gasteiger partial charge in [-0.05, 0) is 54.1 Å². The van der Waals surface area contributed by atoms with Crippen LogP contribution in [0.2, 0.25) is 10.0 Å². The molecule has 0 saturated carbocycles. The molecule has 0 unspecified atom stereocenters. The van der Waals surface area contributed by atoms with Gasteiger partial charge in [-0.2, -0.15) is 5.10 Å². The molecule has 0 fully saturated rings. The summed E-state index contributed by atoms with van der Waals surface area (Å²) < 4.78 is 10.7. The Labute approximate surface area is 160 Å². The number of hydrogen-bond acceptors (Lipinski definition) is 4. The highest BCUT2D eigenvalue weighted by Crippen LogP contribution is 2.22. The Bertz CT molecular complexity index is 907. The van der Waals surface area contributed by atoms with E-state index in [0.717, 1.165) is 11.1 Å². The van der Waals surface area contributed by atoms with E-state index in [0.29, 0.717) is 22.4 Å². The van der Waals surface area contributed by atoms with Gasteiger partial charge in [0.05, 0.1) is 12.5 Å². The second-order valence-electron chi connectivity index (χ2n) is 5.27. The van der Waals surface area contributed by atoms with Crippen molar-refractivity contribution in [3.05, 3.63) is 87.8 Å². The Morgan fingerprint density at radius 3 is 2.65 bits per heavy atom. The van der Waals surface area contributed by atoms with Crippen molar-refractivity contribution in [3.63, 3.8) is 0 Å². The first kappa shape index (κ1) is 18.0. The van der Waals surface area contributed by atoms with Crippen molar-refractivity contribution in [2.75, 3.05) is 0 Å². The van der Waals surface area contributed by atoms with Gasteiger partial charge in [0.1, 0.15) is 12.4 Å². The maximum atomic E-state index is 11.7. The summed E-state index contributed by atoms with van der Waals surface area (Å²) in [5.74, 6) is 0.477. The van der Waals surface area contributed by atoms with Crippen molar-refractivity contribution in [1.82, 2.24) is 5.43 Å². The number of rotatable bonds is 6. The molecule has 0 saturated heterocycles. The van der Waals surface area contributed by atoms with E-state index in [4.69, 9.17) is 32.4 Å². The summed E-state index contributed by atoms with van der Waals surface area (Å²) in [6, 6.07) is 15.7. The van der Waals surface area contributed by atoms with Crippen LogP contribution in [0.5, 0.6) is 5.75 Å². The molecule has 0 radical (unpaired) electrons. The van der Waals surface area contributed by atoms with Gasteiger partial charge in [-0.15, -0.1) is 0 Å². The Morgan fingerprint density at radius 1 is 1.15 bits per heavy atom. The normalized spacial score (nSPS) is 10.8. The number of nitrogens with zero attached hydrogens (tertiary/aromatic N) is 1. The molecular weight excluding hydrogens is 375 g/mol. The zero-order valence-corrected chi connectivity index (χ0v) is 15.0. The van der Waals surface area contributed by atoms with E-state index < -0.39 is 5.91 Å². The number of benzene rings is 2. The van der Waals surface area contributed by atoms with Gasteiger partial charge in [0.25, 0.3) is 0 Å². The highest BCUT2D eigenvalue weighted by Gasteiger charge is 2.06. The van der Waals surface area contributed by atoms with E-state index in [1.807, 2.05) is 18.2 Å². The number of carbonyl (C=O) groups is 1. The van der Waals surface area contributed by atoms with Crippen LogP contribution in [0.25, 0.3) is 0 Å². The Hall–Kier alpha value is -2.76. The lowest BCUT2D eigenvalue weighted by Crippen LogP contribution is -2.16. The molecule has 7 heteroatoms. The number of hydrazone groups is 1. The van der Waals surface area contributed by atoms with Crippen LogP contribution >= 0.6 is 23.2 Å². The fourth-order valence-electron chi connectivity index (χ4n) is 2.08. The van der Waals surface area contributed by atoms with Crippen LogP contribution in [0.3, 0.4) is 0 Å². The van der Waals surface area contributed by atoms with Crippen LogP contribution in [0.1, 0.15) is 21.7 Å². The summed E-state index contributed by atoms with van der Waals surface area (Å²) in [7, 11) is 0. The molecule has 5 nitrogen and oxygen atoms in total. The predicted octanol–water partition coefficient (Wildman–Crippen LogP) is 4.93. The minimum atomic E-state index is -0.411. The molecule has 3 aromatic rings. The summed E-state index contributed by atoms with van der Waals surface area (Å²) in [5.41, 5.74) is 4.04. The zero-order chi connectivity index (χ0) is 18.4. The third kappa shape index (κ3) is 4.88. The standard InChI is InChI=1S/C19H14Cl2N2O3/c20-15-6-5-14(17(21)10-15)12-26-16-7-3-13(4-8-16)11-22-23-19(24)18-2-1-9-25-18/h1-11H,12H2,(H,23,24). The van der Waals surface area contributed by atoms with E-state index in [1.54, 1.807) is 36.4 Å². The molecule has 132 valence electrons. The molecule has 0 atom stereocenters. The van der Waals surface area contributed by atoms with Crippen LogP contribution in [0.15, 0.2) is 70.4 Å². The minimum absolute atomic E-state index is 0.201. The molecule has 1 N–H and O–H groups in total. The Morgan fingerprint density at radius 2 is 1.96 bits per heavy atom. The van der Waals surface area contributed by atoms with E-state index in [9.17, 15) is 4.79 Å². The maximum Gasteiger partial charge on any atom is 0.307 e. The molecule has 0 spiro atoms. The van der Waals surface area contributed by atoms with E-state index in [1.165, 1.54) is 12.5 Å². The molecular formula is C19H14Cl2N2O3. The van der Waals surface area contributed by atoms with Gasteiger partial charge in [-0.25, -0.2) is 5.43 Å².